The number of aryl methyl sites for hydroxylation is 1. The topological polar surface area (TPSA) is 17.1 Å². The summed E-state index contributed by atoms with van der Waals surface area (Å²) in [7, 11) is 0. The van der Waals surface area contributed by atoms with Crippen LogP contribution in [0.3, 0.4) is 0 Å². The number of carbonyl (C=O) groups is 1. The van der Waals surface area contributed by atoms with Crippen LogP contribution >= 0.6 is 0 Å². The highest BCUT2D eigenvalue weighted by Crippen LogP contribution is 2.32. The summed E-state index contributed by atoms with van der Waals surface area (Å²) in [6, 6.07) is 21.8. The van der Waals surface area contributed by atoms with E-state index in [9.17, 15) is 4.79 Å². The highest BCUT2D eigenvalue weighted by molar-refractivity contribution is 6.14. The molecule has 0 spiro atoms. The van der Waals surface area contributed by atoms with Crippen LogP contribution in [0.25, 0.3) is 11.1 Å². The molecule has 0 N–H and O–H groups in total. The van der Waals surface area contributed by atoms with Gasteiger partial charge in [0.1, 0.15) is 0 Å². The molecule has 1 heteroatoms. The molecule has 0 heterocycles. The Balaban J connectivity index is 2.27. The maximum Gasteiger partial charge on any atom is 0.193 e. The van der Waals surface area contributed by atoms with Crippen LogP contribution in [0.2, 0.25) is 0 Å². The molecule has 0 fully saturated rings. The van der Waals surface area contributed by atoms with E-state index in [0.717, 1.165) is 27.8 Å². The van der Waals surface area contributed by atoms with Crippen molar-refractivity contribution in [3.8, 4) is 11.1 Å². The largest absolute Gasteiger partial charge is 0.289 e. The molecule has 0 aromatic heterocycles. The molecule has 0 aliphatic rings. The van der Waals surface area contributed by atoms with E-state index in [-0.39, 0.29) is 5.78 Å². The molecule has 0 saturated carbocycles. The van der Waals surface area contributed by atoms with Gasteiger partial charge in [-0.05, 0) is 48.6 Å². The Morgan fingerprint density at radius 2 is 1.30 bits per heavy atom. The van der Waals surface area contributed by atoms with Gasteiger partial charge in [-0.25, -0.2) is 0 Å². The summed E-state index contributed by atoms with van der Waals surface area (Å²) in [5.41, 5.74) is 7.10. The van der Waals surface area contributed by atoms with Crippen LogP contribution in [-0.4, -0.2) is 5.78 Å². The molecule has 0 bridgehead atoms. The second-order valence-electron chi connectivity index (χ2n) is 5.93. The number of hydrogen-bond acceptors (Lipinski definition) is 1. The summed E-state index contributed by atoms with van der Waals surface area (Å²) >= 11 is 0. The van der Waals surface area contributed by atoms with E-state index in [0.29, 0.717) is 0 Å². The van der Waals surface area contributed by atoms with Gasteiger partial charge < -0.3 is 0 Å². The predicted molar refractivity (Wildman–Crippen MR) is 96.0 cm³/mol. The van der Waals surface area contributed by atoms with Crippen LogP contribution in [0, 0.1) is 20.8 Å². The SMILES string of the molecule is Cc1cc(-c2ccccc2)c(C(=O)c2ccccc2)c(C)c1C. The first-order chi connectivity index (χ1) is 11.1. The molecule has 3 rings (SSSR count). The van der Waals surface area contributed by atoms with Crippen LogP contribution in [0.4, 0.5) is 0 Å². The Bertz CT molecular complexity index is 846. The van der Waals surface area contributed by atoms with Crippen molar-refractivity contribution in [2.75, 3.05) is 0 Å². The second-order valence-corrected chi connectivity index (χ2v) is 5.93. The molecule has 0 saturated heterocycles. The fourth-order valence-corrected chi connectivity index (χ4v) is 2.95. The number of rotatable bonds is 3. The maximum absolute atomic E-state index is 13.1. The van der Waals surface area contributed by atoms with Gasteiger partial charge in [-0.15, -0.1) is 0 Å². The Hall–Kier alpha value is -2.67. The van der Waals surface area contributed by atoms with Crippen LogP contribution in [0.1, 0.15) is 32.6 Å². The third kappa shape index (κ3) is 2.83. The first kappa shape index (κ1) is 15.2. The van der Waals surface area contributed by atoms with Gasteiger partial charge in [0.05, 0.1) is 0 Å². The second kappa shape index (κ2) is 6.21. The van der Waals surface area contributed by atoms with Crippen molar-refractivity contribution < 1.29 is 4.79 Å². The normalized spacial score (nSPS) is 10.6. The monoisotopic (exact) mass is 300 g/mol. The molecule has 23 heavy (non-hydrogen) atoms. The summed E-state index contributed by atoms with van der Waals surface area (Å²) in [5.74, 6) is 0.0880. The van der Waals surface area contributed by atoms with Gasteiger partial charge in [0.15, 0.2) is 5.78 Å². The standard InChI is InChI=1S/C22H20O/c1-15-14-20(18-10-6-4-7-11-18)21(17(3)16(15)2)22(23)19-12-8-5-9-13-19/h4-14H,1-3H3. The maximum atomic E-state index is 13.1. The van der Waals surface area contributed by atoms with E-state index < -0.39 is 0 Å². The summed E-state index contributed by atoms with van der Waals surface area (Å²) < 4.78 is 0. The Kier molecular flexibility index (Phi) is 4.12. The lowest BCUT2D eigenvalue weighted by Gasteiger charge is -2.17. The number of carbonyl (C=O) groups excluding carboxylic acids is 1. The van der Waals surface area contributed by atoms with Crippen LogP contribution in [-0.2, 0) is 0 Å². The Morgan fingerprint density at radius 1 is 0.739 bits per heavy atom. The minimum absolute atomic E-state index is 0.0880. The van der Waals surface area contributed by atoms with Crippen molar-refractivity contribution in [2.24, 2.45) is 0 Å². The first-order valence-corrected chi connectivity index (χ1v) is 7.85. The zero-order chi connectivity index (χ0) is 16.4. The fourth-order valence-electron chi connectivity index (χ4n) is 2.95. The Labute approximate surface area is 137 Å². The molecule has 0 aliphatic heterocycles. The van der Waals surface area contributed by atoms with Gasteiger partial charge in [-0.1, -0.05) is 66.7 Å². The zero-order valence-corrected chi connectivity index (χ0v) is 13.8. The summed E-state index contributed by atoms with van der Waals surface area (Å²) in [6.07, 6.45) is 0. The van der Waals surface area contributed by atoms with Crippen LogP contribution in [0.15, 0.2) is 66.7 Å². The van der Waals surface area contributed by atoms with Gasteiger partial charge in [-0.3, -0.25) is 4.79 Å². The number of hydrogen-bond donors (Lipinski definition) is 0. The van der Waals surface area contributed by atoms with E-state index in [1.54, 1.807) is 0 Å². The lowest BCUT2D eigenvalue weighted by molar-refractivity contribution is 0.103. The average molecular weight is 300 g/mol. The molecule has 0 atom stereocenters. The van der Waals surface area contributed by atoms with Crippen molar-refractivity contribution >= 4 is 5.78 Å². The molecule has 0 aliphatic carbocycles. The van der Waals surface area contributed by atoms with Gasteiger partial charge in [0.2, 0.25) is 0 Å². The molecular weight excluding hydrogens is 280 g/mol. The molecular formula is C22H20O. The van der Waals surface area contributed by atoms with Gasteiger partial charge in [-0.2, -0.15) is 0 Å². The fraction of sp³-hybridized carbons (Fsp3) is 0.136. The van der Waals surface area contributed by atoms with E-state index in [4.69, 9.17) is 0 Å². The minimum Gasteiger partial charge on any atom is -0.289 e. The van der Waals surface area contributed by atoms with Crippen LogP contribution in [0.5, 0.6) is 0 Å². The molecule has 1 nitrogen and oxygen atoms in total. The van der Waals surface area contributed by atoms with Crippen molar-refractivity contribution in [2.45, 2.75) is 20.8 Å². The van der Waals surface area contributed by atoms with E-state index in [1.165, 1.54) is 11.1 Å². The predicted octanol–water partition coefficient (Wildman–Crippen LogP) is 5.51. The van der Waals surface area contributed by atoms with Crippen LogP contribution < -0.4 is 0 Å². The lowest BCUT2D eigenvalue weighted by atomic mass is 9.86. The van der Waals surface area contributed by atoms with E-state index in [1.807, 2.05) is 55.5 Å². The third-order valence-electron chi connectivity index (χ3n) is 4.51. The van der Waals surface area contributed by atoms with Crippen molar-refractivity contribution in [1.29, 1.82) is 0 Å². The molecule has 3 aromatic rings. The third-order valence-corrected chi connectivity index (χ3v) is 4.51. The molecule has 3 aromatic carbocycles. The number of ketones is 1. The molecule has 0 unspecified atom stereocenters. The number of benzene rings is 3. The molecule has 0 amide bonds. The summed E-state index contributed by atoms with van der Waals surface area (Å²) in [5, 5.41) is 0. The highest BCUT2D eigenvalue weighted by Gasteiger charge is 2.19. The summed E-state index contributed by atoms with van der Waals surface area (Å²) in [6.45, 7) is 6.23. The van der Waals surface area contributed by atoms with E-state index >= 15 is 0 Å². The smallest absolute Gasteiger partial charge is 0.193 e. The van der Waals surface area contributed by atoms with Crippen molar-refractivity contribution in [1.82, 2.24) is 0 Å². The van der Waals surface area contributed by atoms with Gasteiger partial charge in [0, 0.05) is 11.1 Å². The zero-order valence-electron chi connectivity index (χ0n) is 13.8. The average Bonchev–Trinajstić information content (AvgIpc) is 2.60. The van der Waals surface area contributed by atoms with Gasteiger partial charge >= 0.3 is 0 Å². The highest BCUT2D eigenvalue weighted by atomic mass is 16.1. The molecule has 0 radical (unpaired) electrons. The quantitative estimate of drug-likeness (QED) is 0.583. The Morgan fingerprint density at radius 3 is 1.91 bits per heavy atom. The van der Waals surface area contributed by atoms with Gasteiger partial charge in [0.25, 0.3) is 0 Å². The minimum atomic E-state index is 0.0880. The first-order valence-electron chi connectivity index (χ1n) is 7.85. The van der Waals surface area contributed by atoms with Crippen molar-refractivity contribution in [3.63, 3.8) is 0 Å². The summed E-state index contributed by atoms with van der Waals surface area (Å²) in [4.78, 5) is 13.1. The van der Waals surface area contributed by atoms with Crippen molar-refractivity contribution in [3.05, 3.63) is 94.5 Å². The molecule has 114 valence electrons. The lowest BCUT2D eigenvalue weighted by Crippen LogP contribution is -2.08. The van der Waals surface area contributed by atoms with E-state index in [2.05, 4.69) is 32.0 Å².